The average Bonchev–Trinajstić information content (AvgIpc) is 2.85. The molecule has 0 saturated carbocycles. The molecule has 0 spiro atoms. The summed E-state index contributed by atoms with van der Waals surface area (Å²) < 4.78 is 15.8. The molecule has 0 bridgehead atoms. The van der Waals surface area contributed by atoms with Gasteiger partial charge in [-0.15, -0.1) is 0 Å². The van der Waals surface area contributed by atoms with Crippen LogP contribution in [-0.4, -0.2) is 56.1 Å². The fourth-order valence-corrected chi connectivity index (χ4v) is 3.99. The van der Waals surface area contributed by atoms with Gasteiger partial charge in [0, 0.05) is 43.9 Å². The maximum Gasteiger partial charge on any atom is 0.259 e. The number of hydrogen-bond acceptors (Lipinski definition) is 6. The third-order valence-corrected chi connectivity index (χ3v) is 5.75. The Morgan fingerprint density at radius 1 is 1.16 bits per heavy atom. The van der Waals surface area contributed by atoms with Crippen LogP contribution in [0.2, 0.25) is 0 Å². The molecular formula is C24H31N3O5. The molecule has 3 rings (SSSR count). The molecule has 8 heteroatoms. The van der Waals surface area contributed by atoms with Gasteiger partial charge in [-0.2, -0.15) is 0 Å². The van der Waals surface area contributed by atoms with Gasteiger partial charge in [0.05, 0.1) is 21.3 Å². The van der Waals surface area contributed by atoms with Crippen LogP contribution in [0.25, 0.3) is 0 Å². The molecule has 1 aromatic carbocycles. The Bertz CT molecular complexity index is 934. The highest BCUT2D eigenvalue weighted by Gasteiger charge is 2.26. The second kappa shape index (κ2) is 11.4. The van der Waals surface area contributed by atoms with Crippen molar-refractivity contribution in [2.75, 3.05) is 34.4 Å². The van der Waals surface area contributed by atoms with Crippen molar-refractivity contribution in [1.29, 1.82) is 0 Å². The zero-order chi connectivity index (χ0) is 22.9. The van der Waals surface area contributed by atoms with E-state index in [1.165, 1.54) is 7.11 Å². The van der Waals surface area contributed by atoms with E-state index in [1.807, 2.05) is 17.0 Å². The van der Waals surface area contributed by atoms with Crippen LogP contribution in [0.1, 0.15) is 41.6 Å². The molecule has 1 aliphatic rings. The third kappa shape index (κ3) is 5.90. The summed E-state index contributed by atoms with van der Waals surface area (Å²) in [5.74, 6) is 1.93. The fraction of sp³-hybridized carbons (Fsp3) is 0.458. The zero-order valence-corrected chi connectivity index (χ0v) is 18.9. The van der Waals surface area contributed by atoms with Crippen LogP contribution < -0.4 is 19.5 Å². The van der Waals surface area contributed by atoms with Crippen molar-refractivity contribution in [2.24, 2.45) is 5.92 Å². The SMILES string of the molecule is COc1ccc(CNC(=O)CC[C@H]2CCCN(C(=O)c3cccnc3OC)C2)c(OC)c1. The van der Waals surface area contributed by atoms with Gasteiger partial charge < -0.3 is 24.4 Å². The van der Waals surface area contributed by atoms with E-state index in [9.17, 15) is 9.59 Å². The highest BCUT2D eigenvalue weighted by atomic mass is 16.5. The lowest BCUT2D eigenvalue weighted by atomic mass is 9.93. The van der Waals surface area contributed by atoms with Crippen molar-refractivity contribution in [3.8, 4) is 17.4 Å². The second-order valence-corrected chi connectivity index (χ2v) is 7.81. The van der Waals surface area contributed by atoms with Crippen molar-refractivity contribution >= 4 is 11.8 Å². The van der Waals surface area contributed by atoms with E-state index < -0.39 is 0 Å². The van der Waals surface area contributed by atoms with Gasteiger partial charge in [-0.25, -0.2) is 4.98 Å². The van der Waals surface area contributed by atoms with Crippen LogP contribution in [0, 0.1) is 5.92 Å². The Morgan fingerprint density at radius 3 is 2.75 bits per heavy atom. The summed E-state index contributed by atoms with van der Waals surface area (Å²) in [4.78, 5) is 31.3. The lowest BCUT2D eigenvalue weighted by Crippen LogP contribution is -2.40. The smallest absolute Gasteiger partial charge is 0.259 e. The molecule has 32 heavy (non-hydrogen) atoms. The molecule has 2 heterocycles. The van der Waals surface area contributed by atoms with Gasteiger partial charge in [0.15, 0.2) is 0 Å². The number of piperidine rings is 1. The van der Waals surface area contributed by atoms with E-state index >= 15 is 0 Å². The molecule has 1 fully saturated rings. The molecule has 0 unspecified atom stereocenters. The number of benzene rings is 1. The van der Waals surface area contributed by atoms with E-state index in [-0.39, 0.29) is 17.7 Å². The van der Waals surface area contributed by atoms with Gasteiger partial charge in [-0.05, 0) is 49.4 Å². The zero-order valence-electron chi connectivity index (χ0n) is 18.9. The van der Waals surface area contributed by atoms with Gasteiger partial charge in [0.1, 0.15) is 17.1 Å². The number of methoxy groups -OCH3 is 3. The predicted octanol–water partition coefficient (Wildman–Crippen LogP) is 3.06. The molecule has 1 N–H and O–H groups in total. The first-order valence-electron chi connectivity index (χ1n) is 10.8. The van der Waals surface area contributed by atoms with Gasteiger partial charge in [0.2, 0.25) is 11.8 Å². The van der Waals surface area contributed by atoms with Gasteiger partial charge in [0.25, 0.3) is 5.91 Å². The predicted molar refractivity (Wildman–Crippen MR) is 120 cm³/mol. The largest absolute Gasteiger partial charge is 0.497 e. The minimum absolute atomic E-state index is 0.0137. The van der Waals surface area contributed by atoms with Crippen molar-refractivity contribution in [3.63, 3.8) is 0 Å². The molecule has 2 aromatic rings. The van der Waals surface area contributed by atoms with Crippen LogP contribution in [-0.2, 0) is 11.3 Å². The van der Waals surface area contributed by atoms with E-state index in [4.69, 9.17) is 14.2 Å². The fourth-order valence-electron chi connectivity index (χ4n) is 3.99. The first kappa shape index (κ1) is 23.4. The number of rotatable bonds is 9. The van der Waals surface area contributed by atoms with Crippen molar-refractivity contribution in [3.05, 3.63) is 47.7 Å². The minimum Gasteiger partial charge on any atom is -0.497 e. The number of nitrogens with one attached hydrogen (secondary N) is 1. The Kier molecular flexibility index (Phi) is 8.30. The van der Waals surface area contributed by atoms with Crippen molar-refractivity contribution in [1.82, 2.24) is 15.2 Å². The molecular weight excluding hydrogens is 410 g/mol. The summed E-state index contributed by atoms with van der Waals surface area (Å²) in [5.41, 5.74) is 1.36. The Balaban J connectivity index is 1.49. The molecule has 0 radical (unpaired) electrons. The first-order valence-corrected chi connectivity index (χ1v) is 10.8. The normalized spacial score (nSPS) is 15.7. The summed E-state index contributed by atoms with van der Waals surface area (Å²) in [6.45, 7) is 1.73. The quantitative estimate of drug-likeness (QED) is 0.643. The van der Waals surface area contributed by atoms with E-state index in [1.54, 1.807) is 38.6 Å². The number of pyridine rings is 1. The van der Waals surface area contributed by atoms with Crippen LogP contribution in [0.15, 0.2) is 36.5 Å². The molecule has 8 nitrogen and oxygen atoms in total. The summed E-state index contributed by atoms with van der Waals surface area (Å²) in [7, 11) is 4.71. The van der Waals surface area contributed by atoms with E-state index in [2.05, 4.69) is 10.3 Å². The highest BCUT2D eigenvalue weighted by molar-refractivity contribution is 5.96. The second-order valence-electron chi connectivity index (χ2n) is 7.81. The van der Waals surface area contributed by atoms with Gasteiger partial charge in [-0.1, -0.05) is 0 Å². The monoisotopic (exact) mass is 441 g/mol. The number of hydrogen-bond donors (Lipinski definition) is 1. The van der Waals surface area contributed by atoms with Crippen molar-refractivity contribution in [2.45, 2.75) is 32.2 Å². The minimum atomic E-state index is -0.0734. The van der Waals surface area contributed by atoms with Gasteiger partial charge >= 0.3 is 0 Å². The standard InChI is InChI=1S/C24H31N3O5/c1-30-19-10-9-18(21(14-19)31-2)15-26-22(28)11-8-17-6-5-13-27(16-17)24(29)20-7-4-12-25-23(20)32-3/h4,7,9-10,12,14,17H,5-6,8,11,13,15-16H2,1-3H3,(H,26,28)/t17-/m1/s1. The first-order chi connectivity index (χ1) is 15.5. The number of ether oxygens (including phenoxy) is 3. The number of likely N-dealkylation sites (tertiary alicyclic amines) is 1. The van der Waals surface area contributed by atoms with Crippen molar-refractivity contribution < 1.29 is 23.8 Å². The maximum absolute atomic E-state index is 12.9. The van der Waals surface area contributed by atoms with Crippen LogP contribution in [0.3, 0.4) is 0 Å². The molecule has 1 atom stereocenters. The summed E-state index contributed by atoms with van der Waals surface area (Å²) in [6, 6.07) is 8.99. The summed E-state index contributed by atoms with van der Waals surface area (Å²) >= 11 is 0. The lowest BCUT2D eigenvalue weighted by molar-refractivity contribution is -0.121. The Morgan fingerprint density at radius 2 is 2.00 bits per heavy atom. The number of amides is 2. The molecule has 1 saturated heterocycles. The lowest BCUT2D eigenvalue weighted by Gasteiger charge is -2.33. The maximum atomic E-state index is 12.9. The average molecular weight is 442 g/mol. The number of carbonyl (C=O) groups excluding carboxylic acids is 2. The Hall–Kier alpha value is -3.29. The molecule has 0 aliphatic carbocycles. The van der Waals surface area contributed by atoms with E-state index in [0.717, 1.165) is 24.8 Å². The van der Waals surface area contributed by atoms with E-state index in [0.29, 0.717) is 49.0 Å². The summed E-state index contributed by atoms with van der Waals surface area (Å²) in [6.07, 6.45) is 4.69. The highest BCUT2D eigenvalue weighted by Crippen LogP contribution is 2.26. The number of carbonyl (C=O) groups is 2. The molecule has 2 amide bonds. The summed E-state index contributed by atoms with van der Waals surface area (Å²) in [5, 5.41) is 2.96. The number of nitrogens with zero attached hydrogens (tertiary/aromatic N) is 2. The van der Waals surface area contributed by atoms with Crippen LogP contribution in [0.5, 0.6) is 17.4 Å². The van der Waals surface area contributed by atoms with Crippen LogP contribution >= 0.6 is 0 Å². The van der Waals surface area contributed by atoms with Crippen LogP contribution in [0.4, 0.5) is 0 Å². The third-order valence-electron chi connectivity index (χ3n) is 5.75. The topological polar surface area (TPSA) is 90.0 Å². The molecule has 1 aliphatic heterocycles. The molecule has 1 aromatic heterocycles. The number of aromatic nitrogens is 1. The Labute approximate surface area is 188 Å². The van der Waals surface area contributed by atoms with Gasteiger partial charge in [-0.3, -0.25) is 9.59 Å². The molecule has 172 valence electrons.